The van der Waals surface area contributed by atoms with Crippen LogP contribution in [0.15, 0.2) is 72.5 Å². The molecular weight excluding hydrogens is 394 g/mol. The molecule has 30 heavy (non-hydrogen) atoms. The fourth-order valence-electron chi connectivity index (χ4n) is 3.57. The predicted octanol–water partition coefficient (Wildman–Crippen LogP) is 4.76. The van der Waals surface area contributed by atoms with Gasteiger partial charge in [-0.05, 0) is 44.0 Å². The van der Waals surface area contributed by atoms with Gasteiger partial charge in [0.05, 0.1) is 23.6 Å². The van der Waals surface area contributed by atoms with Crippen molar-refractivity contribution in [3.8, 4) is 16.3 Å². The summed E-state index contributed by atoms with van der Waals surface area (Å²) in [4.78, 5) is 24.4. The molecule has 0 N–H and O–H groups in total. The van der Waals surface area contributed by atoms with Crippen LogP contribution < -0.4 is 0 Å². The van der Waals surface area contributed by atoms with Crippen molar-refractivity contribution in [1.29, 1.82) is 0 Å². The summed E-state index contributed by atoms with van der Waals surface area (Å²) in [7, 11) is 0. The van der Waals surface area contributed by atoms with Gasteiger partial charge in [-0.15, -0.1) is 11.3 Å². The van der Waals surface area contributed by atoms with Gasteiger partial charge >= 0.3 is 0 Å². The minimum Gasteiger partial charge on any atom is -0.326 e. The highest BCUT2D eigenvalue weighted by Gasteiger charge is 2.38. The van der Waals surface area contributed by atoms with E-state index in [1.807, 2.05) is 76.6 Å². The summed E-state index contributed by atoms with van der Waals surface area (Å²) in [5.41, 5.74) is 3.27. The number of benzene rings is 1. The number of hydrogen-bond donors (Lipinski definition) is 0. The van der Waals surface area contributed by atoms with Crippen LogP contribution in [-0.2, 0) is 0 Å². The molecule has 1 unspecified atom stereocenters. The quantitative estimate of drug-likeness (QED) is 0.456. The van der Waals surface area contributed by atoms with E-state index in [0.29, 0.717) is 5.69 Å². The van der Waals surface area contributed by atoms with Crippen molar-refractivity contribution in [2.75, 3.05) is 0 Å². The van der Waals surface area contributed by atoms with Gasteiger partial charge in [0.2, 0.25) is 0 Å². The summed E-state index contributed by atoms with van der Waals surface area (Å²) < 4.78 is 1.82. The highest BCUT2D eigenvalue weighted by Crippen LogP contribution is 2.35. The smallest absolute Gasteiger partial charge is 0.274 e. The number of thiazole rings is 1. The Labute approximate surface area is 178 Å². The van der Waals surface area contributed by atoms with Crippen LogP contribution >= 0.6 is 11.3 Å². The second kappa shape index (κ2) is 7.84. The molecule has 0 spiro atoms. The number of pyridine rings is 1. The SMILES string of the molecule is CC(c1ccccn1)N(C(=O)c1csc(-c2cnn(-c3ccccc3)c2)n1)C1CC1. The third-order valence-electron chi connectivity index (χ3n) is 5.28. The molecule has 0 saturated heterocycles. The van der Waals surface area contributed by atoms with E-state index in [0.717, 1.165) is 34.8 Å². The lowest BCUT2D eigenvalue weighted by atomic mass is 10.1. The Balaban J connectivity index is 1.39. The van der Waals surface area contributed by atoms with Crippen LogP contribution in [-0.4, -0.2) is 36.6 Å². The molecule has 3 heterocycles. The van der Waals surface area contributed by atoms with Crippen molar-refractivity contribution in [2.24, 2.45) is 0 Å². The van der Waals surface area contributed by atoms with Crippen LogP contribution in [0.1, 0.15) is 42.0 Å². The molecule has 0 aliphatic heterocycles. The first-order valence-electron chi connectivity index (χ1n) is 10.0. The third-order valence-corrected chi connectivity index (χ3v) is 6.17. The van der Waals surface area contributed by atoms with Gasteiger partial charge in [-0.25, -0.2) is 9.67 Å². The lowest BCUT2D eigenvalue weighted by Crippen LogP contribution is -2.36. The Morgan fingerprint density at radius 3 is 2.70 bits per heavy atom. The molecule has 1 aromatic carbocycles. The van der Waals surface area contributed by atoms with Crippen LogP contribution in [0.3, 0.4) is 0 Å². The Morgan fingerprint density at radius 2 is 1.97 bits per heavy atom. The van der Waals surface area contributed by atoms with E-state index in [4.69, 9.17) is 0 Å². The van der Waals surface area contributed by atoms with Crippen molar-refractivity contribution in [3.05, 3.63) is 83.9 Å². The Kier molecular flexibility index (Phi) is 4.88. The number of carbonyl (C=O) groups excluding carboxylic acids is 1. The second-order valence-electron chi connectivity index (χ2n) is 7.42. The first-order valence-corrected chi connectivity index (χ1v) is 10.9. The van der Waals surface area contributed by atoms with E-state index in [-0.39, 0.29) is 18.0 Å². The van der Waals surface area contributed by atoms with Crippen LogP contribution in [0.5, 0.6) is 0 Å². The van der Waals surface area contributed by atoms with Gasteiger partial charge < -0.3 is 4.90 Å². The highest BCUT2D eigenvalue weighted by atomic mass is 32.1. The standard InChI is InChI=1S/C23H21N5OS/c1-16(20-9-5-6-12-24-20)28(19-10-11-19)23(29)21-15-30-22(26-21)17-13-25-27(14-17)18-7-3-2-4-8-18/h2-9,12-16,19H,10-11H2,1H3. The van der Waals surface area contributed by atoms with E-state index < -0.39 is 0 Å². The van der Waals surface area contributed by atoms with Gasteiger partial charge in [0.1, 0.15) is 10.7 Å². The van der Waals surface area contributed by atoms with E-state index in [2.05, 4.69) is 15.1 Å². The van der Waals surface area contributed by atoms with Crippen molar-refractivity contribution >= 4 is 17.2 Å². The third kappa shape index (κ3) is 3.64. The lowest BCUT2D eigenvalue weighted by Gasteiger charge is -2.28. The average molecular weight is 416 g/mol. The fourth-order valence-corrected chi connectivity index (χ4v) is 4.34. The monoisotopic (exact) mass is 415 g/mol. The zero-order valence-corrected chi connectivity index (χ0v) is 17.4. The highest BCUT2D eigenvalue weighted by molar-refractivity contribution is 7.13. The Hall–Kier alpha value is -3.32. The summed E-state index contributed by atoms with van der Waals surface area (Å²) in [6.07, 6.45) is 7.56. The van der Waals surface area contributed by atoms with Crippen molar-refractivity contribution in [2.45, 2.75) is 31.8 Å². The number of nitrogens with zero attached hydrogens (tertiary/aromatic N) is 5. The van der Waals surface area contributed by atoms with Gasteiger partial charge in [-0.2, -0.15) is 5.10 Å². The lowest BCUT2D eigenvalue weighted by molar-refractivity contribution is 0.0665. The Bertz CT molecular complexity index is 1150. The Morgan fingerprint density at radius 1 is 1.17 bits per heavy atom. The first-order chi connectivity index (χ1) is 14.7. The summed E-state index contributed by atoms with van der Waals surface area (Å²) in [5.74, 6) is -0.0337. The van der Waals surface area contributed by atoms with Crippen molar-refractivity contribution in [1.82, 2.24) is 24.6 Å². The summed E-state index contributed by atoms with van der Waals surface area (Å²) in [5, 5.41) is 7.08. The van der Waals surface area contributed by atoms with Crippen molar-refractivity contribution in [3.63, 3.8) is 0 Å². The van der Waals surface area contributed by atoms with E-state index in [1.165, 1.54) is 11.3 Å². The predicted molar refractivity (Wildman–Crippen MR) is 117 cm³/mol. The van der Waals surface area contributed by atoms with Gasteiger partial charge in [0.25, 0.3) is 5.91 Å². The summed E-state index contributed by atoms with van der Waals surface area (Å²) >= 11 is 1.47. The molecule has 7 heteroatoms. The zero-order valence-electron chi connectivity index (χ0n) is 16.5. The molecule has 6 nitrogen and oxygen atoms in total. The second-order valence-corrected chi connectivity index (χ2v) is 8.28. The maximum Gasteiger partial charge on any atom is 0.274 e. The van der Waals surface area contributed by atoms with Gasteiger partial charge in [0.15, 0.2) is 0 Å². The van der Waals surface area contributed by atoms with Crippen LogP contribution in [0.2, 0.25) is 0 Å². The molecule has 0 bridgehead atoms. The summed E-state index contributed by atoms with van der Waals surface area (Å²) in [6, 6.07) is 15.9. The van der Waals surface area contributed by atoms with Crippen LogP contribution in [0.25, 0.3) is 16.3 Å². The number of amides is 1. The molecule has 1 aliphatic carbocycles. The normalized spacial score (nSPS) is 14.4. The number of carbonyl (C=O) groups is 1. The minimum atomic E-state index is -0.0859. The first kappa shape index (κ1) is 18.7. The van der Waals surface area contributed by atoms with Crippen LogP contribution in [0, 0.1) is 0 Å². The molecular formula is C23H21N5OS. The zero-order chi connectivity index (χ0) is 20.5. The van der Waals surface area contributed by atoms with Crippen LogP contribution in [0.4, 0.5) is 0 Å². The minimum absolute atomic E-state index is 0.0337. The molecule has 0 radical (unpaired) electrons. The van der Waals surface area contributed by atoms with E-state index in [1.54, 1.807) is 12.4 Å². The largest absolute Gasteiger partial charge is 0.326 e. The van der Waals surface area contributed by atoms with Gasteiger partial charge in [-0.3, -0.25) is 9.78 Å². The maximum absolute atomic E-state index is 13.3. The molecule has 1 fully saturated rings. The molecule has 4 aromatic rings. The number of hydrogen-bond acceptors (Lipinski definition) is 5. The van der Waals surface area contributed by atoms with Gasteiger partial charge in [0, 0.05) is 29.4 Å². The molecule has 5 rings (SSSR count). The molecule has 1 atom stereocenters. The molecule has 3 aromatic heterocycles. The molecule has 1 amide bonds. The fraction of sp³-hybridized carbons (Fsp3) is 0.217. The molecule has 1 saturated carbocycles. The van der Waals surface area contributed by atoms with Gasteiger partial charge in [-0.1, -0.05) is 24.3 Å². The topological polar surface area (TPSA) is 63.9 Å². The number of aromatic nitrogens is 4. The number of para-hydroxylation sites is 1. The van der Waals surface area contributed by atoms with E-state index in [9.17, 15) is 4.79 Å². The molecule has 1 aliphatic rings. The molecule has 150 valence electrons. The summed E-state index contributed by atoms with van der Waals surface area (Å²) in [6.45, 7) is 2.04. The number of rotatable bonds is 6. The average Bonchev–Trinajstić information content (AvgIpc) is 3.29. The van der Waals surface area contributed by atoms with Crippen molar-refractivity contribution < 1.29 is 4.79 Å². The maximum atomic E-state index is 13.3. The van der Waals surface area contributed by atoms with E-state index >= 15 is 0 Å².